The minimum Gasteiger partial charge on any atom is -0.496 e. The van der Waals surface area contributed by atoms with Gasteiger partial charge in [0.25, 0.3) is 5.91 Å². The molecule has 0 N–H and O–H groups in total. The molecule has 2 aliphatic heterocycles. The summed E-state index contributed by atoms with van der Waals surface area (Å²) in [6, 6.07) is 9.96. The lowest BCUT2D eigenvalue weighted by Gasteiger charge is -2.50. The molecular weight excluding hydrogens is 374 g/mol. The third kappa shape index (κ3) is 3.01. The summed E-state index contributed by atoms with van der Waals surface area (Å²) in [5.41, 5.74) is 3.07. The lowest BCUT2D eigenvalue weighted by molar-refractivity contribution is 0.0131. The largest absolute Gasteiger partial charge is 0.496 e. The highest BCUT2D eigenvalue weighted by Gasteiger charge is 2.44. The summed E-state index contributed by atoms with van der Waals surface area (Å²) >= 11 is 6.39. The number of fused-ring (bicyclic) bond motifs is 2. The fourth-order valence-electron chi connectivity index (χ4n) is 4.81. The topological polar surface area (TPSA) is 37.7 Å². The van der Waals surface area contributed by atoms with E-state index in [1.165, 1.54) is 5.69 Å². The number of aromatic nitrogens is 1. The van der Waals surface area contributed by atoms with Crippen molar-refractivity contribution < 1.29 is 9.53 Å². The minimum atomic E-state index is -0.0358. The number of methoxy groups -OCH3 is 1. The van der Waals surface area contributed by atoms with E-state index in [2.05, 4.69) is 29.5 Å². The lowest BCUT2D eigenvalue weighted by Crippen LogP contribution is -2.56. The van der Waals surface area contributed by atoms with E-state index in [0.29, 0.717) is 5.56 Å². The van der Waals surface area contributed by atoms with Crippen LogP contribution in [-0.4, -0.2) is 54.1 Å². The lowest BCUT2D eigenvalue weighted by atomic mass is 9.81. The highest BCUT2D eigenvalue weighted by Crippen LogP contribution is 2.42. The second kappa shape index (κ2) is 7.45. The normalized spacial score (nSPS) is 18.9. The first kappa shape index (κ1) is 19.3. The smallest absolute Gasteiger partial charge is 0.253 e. The van der Waals surface area contributed by atoms with Crippen molar-refractivity contribution in [2.75, 3.05) is 33.8 Å². The van der Waals surface area contributed by atoms with Crippen LogP contribution in [0.3, 0.4) is 0 Å². The average Bonchev–Trinajstić information content (AvgIpc) is 3.12. The van der Waals surface area contributed by atoms with Crippen LogP contribution in [0.2, 0.25) is 5.15 Å². The minimum absolute atomic E-state index is 0.0358. The zero-order valence-electron chi connectivity index (χ0n) is 16.9. The van der Waals surface area contributed by atoms with Crippen LogP contribution >= 0.6 is 11.6 Å². The van der Waals surface area contributed by atoms with Gasteiger partial charge in [-0.25, -0.2) is 0 Å². The Morgan fingerprint density at radius 2 is 1.89 bits per heavy atom. The molecule has 3 heterocycles. The molecule has 1 aromatic heterocycles. The van der Waals surface area contributed by atoms with E-state index in [9.17, 15) is 4.79 Å². The second-order valence-electron chi connectivity index (χ2n) is 7.82. The number of aryl methyl sites for hydroxylation is 1. The molecule has 5 nitrogen and oxygen atoms in total. The summed E-state index contributed by atoms with van der Waals surface area (Å²) in [6.45, 7) is 5.47. The van der Waals surface area contributed by atoms with E-state index < -0.39 is 0 Å². The van der Waals surface area contributed by atoms with Gasteiger partial charge in [0.2, 0.25) is 0 Å². The maximum Gasteiger partial charge on any atom is 0.253 e. The van der Waals surface area contributed by atoms with E-state index >= 15 is 0 Å². The Labute approximate surface area is 171 Å². The molecule has 0 unspecified atom stereocenters. The maximum atomic E-state index is 13.1. The summed E-state index contributed by atoms with van der Waals surface area (Å²) in [5, 5.41) is 0.809. The predicted molar refractivity (Wildman–Crippen MR) is 111 cm³/mol. The molecular formula is C22H28ClN3O2. The number of nitrogens with zero attached hydrogens (tertiary/aromatic N) is 3. The Hall–Kier alpha value is -1.98. The number of hydrogen-bond donors (Lipinski definition) is 0. The van der Waals surface area contributed by atoms with E-state index in [0.717, 1.165) is 61.9 Å². The van der Waals surface area contributed by atoms with Gasteiger partial charge in [0, 0.05) is 37.4 Å². The van der Waals surface area contributed by atoms with Crippen LogP contribution in [0.1, 0.15) is 41.4 Å². The summed E-state index contributed by atoms with van der Waals surface area (Å²) < 4.78 is 7.70. The molecule has 2 aromatic rings. The molecule has 0 atom stereocenters. The Morgan fingerprint density at radius 3 is 2.57 bits per heavy atom. The number of carbonyl (C=O) groups excluding carboxylic acids is 1. The van der Waals surface area contributed by atoms with Crippen molar-refractivity contribution in [2.24, 2.45) is 0 Å². The molecule has 2 aliphatic rings. The van der Waals surface area contributed by atoms with Crippen LogP contribution < -0.4 is 4.74 Å². The molecule has 0 bridgehead atoms. The van der Waals surface area contributed by atoms with Crippen molar-refractivity contribution in [1.82, 2.24) is 14.4 Å². The average molecular weight is 402 g/mol. The van der Waals surface area contributed by atoms with E-state index in [1.54, 1.807) is 7.11 Å². The first-order valence-electron chi connectivity index (χ1n) is 10.0. The van der Waals surface area contributed by atoms with Crippen LogP contribution in [-0.2, 0) is 18.5 Å². The Bertz CT molecular complexity index is 884. The van der Waals surface area contributed by atoms with Crippen molar-refractivity contribution in [2.45, 2.75) is 38.3 Å². The Balaban J connectivity index is 1.54. The summed E-state index contributed by atoms with van der Waals surface area (Å²) in [6.07, 6.45) is 2.72. The number of ether oxygens (including phenoxy) is 1. The van der Waals surface area contributed by atoms with E-state index in [4.69, 9.17) is 16.3 Å². The van der Waals surface area contributed by atoms with Gasteiger partial charge < -0.3 is 14.2 Å². The number of rotatable bonds is 3. The molecule has 28 heavy (non-hydrogen) atoms. The third-order valence-electron chi connectivity index (χ3n) is 6.59. The van der Waals surface area contributed by atoms with Gasteiger partial charge >= 0.3 is 0 Å². The molecule has 6 heteroatoms. The number of amides is 1. The van der Waals surface area contributed by atoms with Crippen molar-refractivity contribution in [1.29, 1.82) is 0 Å². The van der Waals surface area contributed by atoms with E-state index in [1.807, 2.05) is 29.2 Å². The molecule has 0 radical (unpaired) electrons. The molecule has 1 spiro atoms. The van der Waals surface area contributed by atoms with Gasteiger partial charge in [-0.05, 0) is 56.1 Å². The van der Waals surface area contributed by atoms with Crippen molar-refractivity contribution >= 4 is 17.5 Å². The van der Waals surface area contributed by atoms with Gasteiger partial charge in [-0.2, -0.15) is 0 Å². The molecule has 4 rings (SSSR count). The number of hydrogen-bond acceptors (Lipinski definition) is 3. The molecule has 0 saturated carbocycles. The predicted octanol–water partition coefficient (Wildman–Crippen LogP) is 3.79. The van der Waals surface area contributed by atoms with Crippen LogP contribution in [0.15, 0.2) is 30.3 Å². The van der Waals surface area contributed by atoms with Gasteiger partial charge in [-0.3, -0.25) is 9.69 Å². The van der Waals surface area contributed by atoms with Gasteiger partial charge in [-0.1, -0.05) is 24.6 Å². The van der Waals surface area contributed by atoms with Crippen LogP contribution in [0.4, 0.5) is 0 Å². The van der Waals surface area contributed by atoms with Crippen LogP contribution in [0.5, 0.6) is 5.75 Å². The summed E-state index contributed by atoms with van der Waals surface area (Å²) in [5.74, 6) is 0.879. The van der Waals surface area contributed by atoms with Crippen molar-refractivity contribution in [3.63, 3.8) is 0 Å². The fourth-order valence-corrected chi connectivity index (χ4v) is 5.04. The number of halogens is 1. The summed E-state index contributed by atoms with van der Waals surface area (Å²) in [4.78, 5) is 17.5. The Morgan fingerprint density at radius 1 is 1.14 bits per heavy atom. The standard InChI is InChI=1S/C22H28ClN3O2/c1-4-16-5-6-17(15-18(16)28-3)21(27)25-11-9-22(10-12-25)19-7-8-20(23)26(19)14-13-24(22)2/h5-8,15H,4,9-14H2,1-3H3. The quantitative estimate of drug-likeness (QED) is 0.785. The van der Waals surface area contributed by atoms with Gasteiger partial charge in [0.05, 0.1) is 12.6 Å². The first-order chi connectivity index (χ1) is 13.5. The highest BCUT2D eigenvalue weighted by atomic mass is 35.5. The molecule has 1 saturated heterocycles. The second-order valence-corrected chi connectivity index (χ2v) is 8.21. The van der Waals surface area contributed by atoms with Crippen LogP contribution in [0.25, 0.3) is 0 Å². The molecule has 150 valence electrons. The van der Waals surface area contributed by atoms with Gasteiger partial charge in [-0.15, -0.1) is 0 Å². The molecule has 1 aromatic carbocycles. The number of carbonyl (C=O) groups is 1. The molecule has 1 amide bonds. The monoisotopic (exact) mass is 401 g/mol. The zero-order chi connectivity index (χ0) is 19.9. The number of piperidine rings is 1. The van der Waals surface area contributed by atoms with Crippen molar-refractivity contribution in [3.05, 3.63) is 52.3 Å². The van der Waals surface area contributed by atoms with E-state index in [-0.39, 0.29) is 11.4 Å². The summed E-state index contributed by atoms with van der Waals surface area (Å²) in [7, 11) is 3.85. The number of likely N-dealkylation sites (N-methyl/N-ethyl adjacent to an activating group) is 1. The number of likely N-dealkylation sites (tertiary alicyclic amines) is 1. The highest BCUT2D eigenvalue weighted by molar-refractivity contribution is 6.29. The number of benzene rings is 1. The van der Waals surface area contributed by atoms with Crippen LogP contribution in [0, 0.1) is 0 Å². The maximum absolute atomic E-state index is 13.1. The van der Waals surface area contributed by atoms with Crippen molar-refractivity contribution in [3.8, 4) is 5.75 Å². The zero-order valence-corrected chi connectivity index (χ0v) is 17.6. The fraction of sp³-hybridized carbons (Fsp3) is 0.500. The first-order valence-corrected chi connectivity index (χ1v) is 10.4. The Kier molecular flexibility index (Phi) is 5.15. The SMILES string of the molecule is CCc1ccc(C(=O)N2CCC3(CC2)c2ccc(Cl)n2CCN3C)cc1OC. The molecule has 0 aliphatic carbocycles. The molecule has 1 fully saturated rings. The van der Waals surface area contributed by atoms with Gasteiger partial charge in [0.15, 0.2) is 0 Å². The third-order valence-corrected chi connectivity index (χ3v) is 6.92. The van der Waals surface area contributed by atoms with Gasteiger partial charge in [0.1, 0.15) is 10.9 Å².